The molecule has 0 saturated carbocycles. The van der Waals surface area contributed by atoms with Crippen LogP contribution in [-0.4, -0.2) is 73.0 Å². The number of benzene rings is 2. The van der Waals surface area contributed by atoms with Crippen molar-refractivity contribution in [2.45, 2.75) is 25.3 Å². The summed E-state index contributed by atoms with van der Waals surface area (Å²) < 4.78 is 5.34. The molecule has 3 amide bonds. The molecule has 2 saturated heterocycles. The van der Waals surface area contributed by atoms with Crippen LogP contribution >= 0.6 is 11.6 Å². The molecule has 0 spiro atoms. The number of amides is 3. The van der Waals surface area contributed by atoms with Crippen LogP contribution in [0.5, 0.6) is 0 Å². The lowest BCUT2D eigenvalue weighted by Gasteiger charge is -2.36. The smallest absolute Gasteiger partial charge is 0.251 e. The molecule has 1 atom stereocenters. The molecule has 2 aromatic carbocycles. The number of carbonyl (C=O) groups excluding carboxylic acids is 3. The van der Waals surface area contributed by atoms with E-state index in [1.165, 1.54) is 0 Å². The Balaban J connectivity index is 1.41. The van der Waals surface area contributed by atoms with Gasteiger partial charge in [-0.15, -0.1) is 0 Å². The molecule has 2 heterocycles. The normalized spacial score (nSPS) is 17.8. The van der Waals surface area contributed by atoms with Gasteiger partial charge in [-0.1, -0.05) is 41.9 Å². The number of ether oxygens (including phenoxy) is 1. The van der Waals surface area contributed by atoms with Gasteiger partial charge in [-0.3, -0.25) is 14.4 Å². The molecule has 0 aromatic heterocycles. The van der Waals surface area contributed by atoms with Gasteiger partial charge in [0.2, 0.25) is 11.8 Å². The number of likely N-dealkylation sites (tertiary alicyclic amines) is 1. The van der Waals surface area contributed by atoms with Crippen molar-refractivity contribution in [3.8, 4) is 0 Å². The molecule has 0 bridgehead atoms. The Hall–Kier alpha value is -2.90. The molecule has 1 N–H and O–H groups in total. The van der Waals surface area contributed by atoms with Gasteiger partial charge >= 0.3 is 0 Å². The first kappa shape index (κ1) is 24.2. The predicted molar refractivity (Wildman–Crippen MR) is 130 cm³/mol. The van der Waals surface area contributed by atoms with Crippen molar-refractivity contribution in [2.24, 2.45) is 5.92 Å². The van der Waals surface area contributed by atoms with Gasteiger partial charge in [0.05, 0.1) is 13.2 Å². The van der Waals surface area contributed by atoms with E-state index in [1.54, 1.807) is 29.2 Å². The van der Waals surface area contributed by atoms with Crippen molar-refractivity contribution in [1.82, 2.24) is 15.1 Å². The van der Waals surface area contributed by atoms with E-state index in [2.05, 4.69) is 5.32 Å². The van der Waals surface area contributed by atoms with Gasteiger partial charge in [-0.05, 0) is 42.7 Å². The van der Waals surface area contributed by atoms with Gasteiger partial charge in [-0.25, -0.2) is 0 Å². The lowest BCUT2D eigenvalue weighted by Crippen LogP contribution is -2.53. The highest BCUT2D eigenvalue weighted by atomic mass is 35.5. The average molecular weight is 484 g/mol. The van der Waals surface area contributed by atoms with Crippen LogP contribution < -0.4 is 5.32 Å². The Kier molecular flexibility index (Phi) is 8.19. The molecule has 2 aliphatic heterocycles. The third kappa shape index (κ3) is 6.15. The second-order valence-electron chi connectivity index (χ2n) is 8.76. The first-order valence-electron chi connectivity index (χ1n) is 11.8. The van der Waals surface area contributed by atoms with E-state index in [9.17, 15) is 14.4 Å². The topological polar surface area (TPSA) is 79.0 Å². The summed E-state index contributed by atoms with van der Waals surface area (Å²) in [6.07, 6.45) is 1.65. The van der Waals surface area contributed by atoms with E-state index >= 15 is 0 Å². The fourth-order valence-electron chi connectivity index (χ4n) is 4.50. The van der Waals surface area contributed by atoms with Crippen molar-refractivity contribution in [2.75, 3.05) is 39.4 Å². The Morgan fingerprint density at radius 3 is 2.21 bits per heavy atom. The maximum absolute atomic E-state index is 13.5. The first-order valence-corrected chi connectivity index (χ1v) is 12.1. The number of nitrogens with zero attached hydrogens (tertiary/aromatic N) is 2. The minimum absolute atomic E-state index is 0.0709. The molecule has 7 nitrogen and oxygen atoms in total. The molecule has 8 heteroatoms. The zero-order valence-electron chi connectivity index (χ0n) is 19.1. The number of halogens is 1. The van der Waals surface area contributed by atoms with Crippen LogP contribution in [0, 0.1) is 5.92 Å². The van der Waals surface area contributed by atoms with Crippen molar-refractivity contribution in [3.05, 3.63) is 70.7 Å². The monoisotopic (exact) mass is 483 g/mol. The first-order chi connectivity index (χ1) is 16.5. The van der Waals surface area contributed by atoms with Crippen LogP contribution in [0.2, 0.25) is 5.02 Å². The van der Waals surface area contributed by atoms with Gasteiger partial charge in [0.1, 0.15) is 6.04 Å². The van der Waals surface area contributed by atoms with Gasteiger partial charge < -0.3 is 19.9 Å². The largest absolute Gasteiger partial charge is 0.378 e. The molecule has 2 fully saturated rings. The highest BCUT2D eigenvalue weighted by Crippen LogP contribution is 2.22. The molecule has 0 radical (unpaired) electrons. The van der Waals surface area contributed by atoms with Crippen molar-refractivity contribution >= 4 is 29.3 Å². The fourth-order valence-corrected chi connectivity index (χ4v) is 4.63. The average Bonchev–Trinajstić information content (AvgIpc) is 2.89. The Morgan fingerprint density at radius 2 is 1.56 bits per heavy atom. The summed E-state index contributed by atoms with van der Waals surface area (Å²) in [5.74, 6) is -0.350. The minimum Gasteiger partial charge on any atom is -0.378 e. The summed E-state index contributed by atoms with van der Waals surface area (Å²) in [7, 11) is 0. The summed E-state index contributed by atoms with van der Waals surface area (Å²) >= 11 is 5.94. The number of nitrogens with one attached hydrogen (secondary N) is 1. The second kappa shape index (κ2) is 11.5. The zero-order chi connectivity index (χ0) is 23.9. The molecule has 4 rings (SSSR count). The van der Waals surface area contributed by atoms with E-state index in [1.807, 2.05) is 35.2 Å². The molecule has 180 valence electrons. The van der Waals surface area contributed by atoms with Gasteiger partial charge in [0, 0.05) is 49.1 Å². The van der Waals surface area contributed by atoms with E-state index in [4.69, 9.17) is 16.3 Å². The highest BCUT2D eigenvalue weighted by Gasteiger charge is 2.33. The Bertz CT molecular complexity index is 985. The van der Waals surface area contributed by atoms with Crippen molar-refractivity contribution in [1.29, 1.82) is 0 Å². The van der Waals surface area contributed by atoms with E-state index in [0.29, 0.717) is 69.2 Å². The number of morpholine rings is 1. The van der Waals surface area contributed by atoms with Crippen LogP contribution in [0.3, 0.4) is 0 Å². The van der Waals surface area contributed by atoms with Gasteiger partial charge in [-0.2, -0.15) is 0 Å². The van der Waals surface area contributed by atoms with Crippen LogP contribution in [0.15, 0.2) is 54.6 Å². The maximum atomic E-state index is 13.5. The third-order valence-corrected chi connectivity index (χ3v) is 6.72. The Labute approximate surface area is 205 Å². The summed E-state index contributed by atoms with van der Waals surface area (Å²) in [6, 6.07) is 15.5. The molecule has 2 aliphatic rings. The van der Waals surface area contributed by atoms with E-state index in [0.717, 1.165) is 5.56 Å². The van der Waals surface area contributed by atoms with Crippen LogP contribution in [0.1, 0.15) is 28.8 Å². The lowest BCUT2D eigenvalue weighted by molar-refractivity contribution is -0.144. The molecule has 34 heavy (non-hydrogen) atoms. The quantitative estimate of drug-likeness (QED) is 0.685. The zero-order valence-corrected chi connectivity index (χ0v) is 19.9. The maximum Gasteiger partial charge on any atom is 0.251 e. The number of hydrogen-bond donors (Lipinski definition) is 1. The molecular weight excluding hydrogens is 454 g/mol. The summed E-state index contributed by atoms with van der Waals surface area (Å²) in [5.41, 5.74) is 1.42. The van der Waals surface area contributed by atoms with Crippen molar-refractivity contribution in [3.63, 3.8) is 0 Å². The lowest BCUT2D eigenvalue weighted by atomic mass is 9.94. The van der Waals surface area contributed by atoms with Gasteiger partial charge in [0.15, 0.2) is 0 Å². The molecule has 0 aliphatic carbocycles. The Morgan fingerprint density at radius 1 is 0.912 bits per heavy atom. The summed E-state index contributed by atoms with van der Waals surface area (Å²) in [6.45, 7) is 3.43. The third-order valence-electron chi connectivity index (χ3n) is 6.47. The van der Waals surface area contributed by atoms with E-state index in [-0.39, 0.29) is 23.6 Å². The SMILES string of the molecule is O=C(NC(Cc1ccccc1)C(=O)N1CCC(C(=O)N2CCOCC2)CC1)c1ccc(Cl)cc1. The predicted octanol–water partition coefficient (Wildman–Crippen LogP) is 2.78. The number of piperidine rings is 1. The highest BCUT2D eigenvalue weighted by molar-refractivity contribution is 6.30. The fraction of sp³-hybridized carbons (Fsp3) is 0.423. The summed E-state index contributed by atoms with van der Waals surface area (Å²) in [5, 5.41) is 3.47. The number of rotatable bonds is 6. The van der Waals surface area contributed by atoms with E-state index < -0.39 is 6.04 Å². The molecular formula is C26H30ClN3O4. The number of carbonyl (C=O) groups is 3. The van der Waals surface area contributed by atoms with Crippen LogP contribution in [0.25, 0.3) is 0 Å². The second-order valence-corrected chi connectivity index (χ2v) is 9.20. The molecule has 1 unspecified atom stereocenters. The van der Waals surface area contributed by atoms with Gasteiger partial charge in [0.25, 0.3) is 5.91 Å². The summed E-state index contributed by atoms with van der Waals surface area (Å²) in [4.78, 5) is 42.8. The van der Waals surface area contributed by atoms with Crippen LogP contribution in [0.4, 0.5) is 0 Å². The standard InChI is InChI=1S/C26H30ClN3O4/c27-22-8-6-20(7-9-22)24(31)28-23(18-19-4-2-1-3-5-19)26(33)29-12-10-21(11-13-29)25(32)30-14-16-34-17-15-30/h1-9,21,23H,10-18H2,(H,28,31). The minimum atomic E-state index is -0.697. The van der Waals surface area contributed by atoms with Crippen molar-refractivity contribution < 1.29 is 19.1 Å². The number of hydrogen-bond acceptors (Lipinski definition) is 4. The van der Waals surface area contributed by atoms with Crippen LogP contribution in [-0.2, 0) is 20.7 Å². The molecule has 2 aromatic rings.